The van der Waals surface area contributed by atoms with Crippen molar-refractivity contribution in [3.05, 3.63) is 35.4 Å². The molecule has 1 aliphatic heterocycles. The Balaban J connectivity index is 1.89. The molecule has 0 aliphatic carbocycles. The van der Waals surface area contributed by atoms with Crippen molar-refractivity contribution in [1.82, 2.24) is 16.0 Å². The molecule has 6 heteroatoms. The summed E-state index contributed by atoms with van der Waals surface area (Å²) in [7, 11) is 0. The standard InChI is InChI=1S/C19H29N3O3/c1-5-13(2)21-17(23)16-8-6-7-15(11-16)12-20-18(24)22-19(4)9-10-25-14(19)3/h6-8,11,13-14H,5,9-10,12H2,1-4H3,(H,21,23)(H2,20,22,24)/t13-,14-,19-/m0/s1. The third-order valence-electron chi connectivity index (χ3n) is 4.92. The van der Waals surface area contributed by atoms with Crippen molar-refractivity contribution < 1.29 is 14.3 Å². The summed E-state index contributed by atoms with van der Waals surface area (Å²) >= 11 is 0. The number of ether oxygens (including phenoxy) is 1. The molecular formula is C19H29N3O3. The second kappa shape index (κ2) is 8.34. The van der Waals surface area contributed by atoms with Gasteiger partial charge in [-0.15, -0.1) is 0 Å². The van der Waals surface area contributed by atoms with Gasteiger partial charge in [0.25, 0.3) is 5.91 Å². The third kappa shape index (κ3) is 5.19. The molecule has 0 radical (unpaired) electrons. The average Bonchev–Trinajstić information content (AvgIpc) is 2.91. The van der Waals surface area contributed by atoms with E-state index in [0.717, 1.165) is 18.4 Å². The normalized spacial score (nSPS) is 23.8. The van der Waals surface area contributed by atoms with E-state index in [2.05, 4.69) is 16.0 Å². The molecule has 1 aliphatic rings. The number of carbonyl (C=O) groups excluding carboxylic acids is 2. The third-order valence-corrected chi connectivity index (χ3v) is 4.92. The first-order valence-corrected chi connectivity index (χ1v) is 8.91. The Hall–Kier alpha value is -2.08. The maximum atomic E-state index is 12.2. The number of hydrogen-bond acceptors (Lipinski definition) is 3. The number of hydrogen-bond donors (Lipinski definition) is 3. The van der Waals surface area contributed by atoms with Crippen molar-refractivity contribution in [3.8, 4) is 0 Å². The smallest absolute Gasteiger partial charge is 0.315 e. The lowest BCUT2D eigenvalue weighted by molar-refractivity contribution is 0.0911. The first-order valence-electron chi connectivity index (χ1n) is 8.91. The molecule has 0 aromatic heterocycles. The summed E-state index contributed by atoms with van der Waals surface area (Å²) < 4.78 is 5.53. The highest BCUT2D eigenvalue weighted by Gasteiger charge is 2.38. The second-order valence-corrected chi connectivity index (χ2v) is 6.97. The van der Waals surface area contributed by atoms with Crippen LogP contribution < -0.4 is 16.0 Å². The van der Waals surface area contributed by atoms with Gasteiger partial charge in [0, 0.05) is 24.8 Å². The van der Waals surface area contributed by atoms with Crippen LogP contribution in [0.5, 0.6) is 0 Å². The van der Waals surface area contributed by atoms with E-state index in [1.807, 2.05) is 39.8 Å². The fourth-order valence-electron chi connectivity index (χ4n) is 2.72. The zero-order chi connectivity index (χ0) is 18.4. The van der Waals surface area contributed by atoms with E-state index in [1.165, 1.54) is 0 Å². The average molecular weight is 347 g/mol. The first kappa shape index (κ1) is 19.2. The van der Waals surface area contributed by atoms with Gasteiger partial charge >= 0.3 is 6.03 Å². The Morgan fingerprint density at radius 1 is 1.40 bits per heavy atom. The predicted octanol–water partition coefficient (Wildman–Crippen LogP) is 2.58. The Kier molecular flexibility index (Phi) is 6.42. The molecule has 0 saturated carbocycles. The van der Waals surface area contributed by atoms with Crippen LogP contribution in [-0.2, 0) is 11.3 Å². The molecule has 1 heterocycles. The van der Waals surface area contributed by atoms with Gasteiger partial charge in [-0.1, -0.05) is 19.1 Å². The fraction of sp³-hybridized carbons (Fsp3) is 0.579. The molecule has 1 fully saturated rings. The van der Waals surface area contributed by atoms with Gasteiger partial charge in [0.05, 0.1) is 11.6 Å². The summed E-state index contributed by atoms with van der Waals surface area (Å²) in [4.78, 5) is 24.4. The predicted molar refractivity (Wildman–Crippen MR) is 97.5 cm³/mol. The Bertz CT molecular complexity index is 620. The van der Waals surface area contributed by atoms with E-state index in [4.69, 9.17) is 4.74 Å². The Morgan fingerprint density at radius 2 is 2.16 bits per heavy atom. The SMILES string of the molecule is CC[C@H](C)NC(=O)c1cccc(CNC(=O)N[C@@]2(C)CCO[C@H]2C)c1. The van der Waals surface area contributed by atoms with E-state index in [1.54, 1.807) is 12.1 Å². The van der Waals surface area contributed by atoms with E-state index >= 15 is 0 Å². The number of urea groups is 1. The molecule has 3 amide bonds. The van der Waals surface area contributed by atoms with Gasteiger partial charge in [0.15, 0.2) is 0 Å². The highest BCUT2D eigenvalue weighted by atomic mass is 16.5. The van der Waals surface area contributed by atoms with Crippen molar-refractivity contribution in [1.29, 1.82) is 0 Å². The molecule has 3 N–H and O–H groups in total. The molecule has 0 unspecified atom stereocenters. The minimum atomic E-state index is -0.345. The molecule has 1 aromatic carbocycles. The van der Waals surface area contributed by atoms with Crippen LogP contribution in [0.3, 0.4) is 0 Å². The van der Waals surface area contributed by atoms with Gasteiger partial charge in [-0.3, -0.25) is 4.79 Å². The number of benzene rings is 1. The summed E-state index contributed by atoms with van der Waals surface area (Å²) in [6.45, 7) is 8.98. The summed E-state index contributed by atoms with van der Waals surface area (Å²) in [5.74, 6) is -0.0925. The monoisotopic (exact) mass is 347 g/mol. The summed E-state index contributed by atoms with van der Waals surface area (Å²) in [5.41, 5.74) is 1.14. The van der Waals surface area contributed by atoms with Crippen LogP contribution >= 0.6 is 0 Å². The van der Waals surface area contributed by atoms with Crippen LogP contribution in [-0.4, -0.2) is 36.2 Å². The largest absolute Gasteiger partial charge is 0.376 e. The van der Waals surface area contributed by atoms with Crippen LogP contribution in [0.1, 0.15) is 56.5 Å². The summed E-state index contributed by atoms with van der Waals surface area (Å²) in [6.07, 6.45) is 1.67. The van der Waals surface area contributed by atoms with Gasteiger partial charge in [-0.05, 0) is 51.3 Å². The molecule has 138 valence electrons. The lowest BCUT2D eigenvalue weighted by Gasteiger charge is -2.28. The summed E-state index contributed by atoms with van der Waals surface area (Å²) in [6, 6.07) is 7.21. The number of rotatable bonds is 6. The molecule has 25 heavy (non-hydrogen) atoms. The van der Waals surface area contributed by atoms with Crippen molar-refractivity contribution in [3.63, 3.8) is 0 Å². The van der Waals surface area contributed by atoms with Crippen LogP contribution in [0, 0.1) is 0 Å². The molecule has 0 bridgehead atoms. The number of carbonyl (C=O) groups is 2. The van der Waals surface area contributed by atoms with Crippen molar-refractivity contribution in [2.24, 2.45) is 0 Å². The van der Waals surface area contributed by atoms with E-state index in [9.17, 15) is 9.59 Å². The summed E-state index contributed by atoms with van der Waals surface area (Å²) in [5, 5.41) is 8.79. The number of nitrogens with one attached hydrogen (secondary N) is 3. The van der Waals surface area contributed by atoms with Gasteiger partial charge in [-0.25, -0.2) is 4.79 Å². The maximum absolute atomic E-state index is 12.2. The first-order chi connectivity index (χ1) is 11.8. The lowest BCUT2D eigenvalue weighted by Crippen LogP contribution is -2.53. The van der Waals surface area contributed by atoms with Gasteiger partial charge in [0.2, 0.25) is 0 Å². The molecule has 1 saturated heterocycles. The minimum Gasteiger partial charge on any atom is -0.376 e. The molecule has 2 rings (SSSR count). The fourth-order valence-corrected chi connectivity index (χ4v) is 2.72. The minimum absolute atomic E-state index is 0.00849. The van der Waals surface area contributed by atoms with Crippen LogP contribution in [0.15, 0.2) is 24.3 Å². The quantitative estimate of drug-likeness (QED) is 0.740. The highest BCUT2D eigenvalue weighted by molar-refractivity contribution is 5.94. The zero-order valence-electron chi connectivity index (χ0n) is 15.5. The van der Waals surface area contributed by atoms with E-state index in [0.29, 0.717) is 18.7 Å². The lowest BCUT2D eigenvalue weighted by atomic mass is 9.95. The second-order valence-electron chi connectivity index (χ2n) is 6.97. The molecule has 3 atom stereocenters. The van der Waals surface area contributed by atoms with E-state index < -0.39 is 0 Å². The molecule has 1 aromatic rings. The van der Waals surface area contributed by atoms with Gasteiger partial charge in [0.1, 0.15) is 0 Å². The van der Waals surface area contributed by atoms with Crippen molar-refractivity contribution in [2.75, 3.05) is 6.61 Å². The molecular weight excluding hydrogens is 318 g/mol. The topological polar surface area (TPSA) is 79.5 Å². The van der Waals surface area contributed by atoms with Crippen LogP contribution in [0.25, 0.3) is 0 Å². The maximum Gasteiger partial charge on any atom is 0.315 e. The highest BCUT2D eigenvalue weighted by Crippen LogP contribution is 2.24. The molecule has 0 spiro atoms. The van der Waals surface area contributed by atoms with Crippen molar-refractivity contribution >= 4 is 11.9 Å². The van der Waals surface area contributed by atoms with Crippen molar-refractivity contribution in [2.45, 2.75) is 64.8 Å². The van der Waals surface area contributed by atoms with Gasteiger partial charge < -0.3 is 20.7 Å². The number of amides is 3. The van der Waals surface area contributed by atoms with Crippen LogP contribution in [0.4, 0.5) is 4.79 Å². The Morgan fingerprint density at radius 3 is 2.80 bits per heavy atom. The van der Waals surface area contributed by atoms with Gasteiger partial charge in [-0.2, -0.15) is 0 Å². The Labute approximate surface area is 149 Å². The molecule has 6 nitrogen and oxygen atoms in total. The van der Waals surface area contributed by atoms with Crippen LogP contribution in [0.2, 0.25) is 0 Å². The zero-order valence-corrected chi connectivity index (χ0v) is 15.5. The van der Waals surface area contributed by atoms with E-state index in [-0.39, 0.29) is 29.6 Å².